The molecular weight excluding hydrogens is 220 g/mol. The molecule has 0 saturated carbocycles. The van der Waals surface area contributed by atoms with Crippen LogP contribution in [0.25, 0.3) is 0 Å². The average Bonchev–Trinajstić information content (AvgIpc) is 2.50. The lowest BCUT2D eigenvalue weighted by atomic mass is 9.91. The Morgan fingerprint density at radius 1 is 1.40 bits per heavy atom. The van der Waals surface area contributed by atoms with Crippen molar-refractivity contribution in [1.29, 1.82) is 0 Å². The minimum Gasteiger partial charge on any atom is -0.378 e. The van der Waals surface area contributed by atoms with Gasteiger partial charge in [0.05, 0.1) is 24.6 Å². The highest BCUT2D eigenvalue weighted by Crippen LogP contribution is 2.34. The number of hydrogen-bond donors (Lipinski definition) is 0. The Balaban J connectivity index is 1.98. The lowest BCUT2D eigenvalue weighted by Crippen LogP contribution is -2.43. The summed E-state index contributed by atoms with van der Waals surface area (Å²) in [6, 6.07) is 0. The molecule has 15 heavy (non-hydrogen) atoms. The van der Waals surface area contributed by atoms with Crippen LogP contribution < -0.4 is 0 Å². The van der Waals surface area contributed by atoms with E-state index in [1.54, 1.807) is 0 Å². The number of hydrogen-bond acceptors (Lipinski definition) is 5. The van der Waals surface area contributed by atoms with Crippen LogP contribution in [0.2, 0.25) is 0 Å². The van der Waals surface area contributed by atoms with Crippen LogP contribution in [0.3, 0.4) is 0 Å². The maximum atomic E-state index is 11.0. The smallest absolute Gasteiger partial charge is 0.264 e. The van der Waals surface area contributed by atoms with Gasteiger partial charge in [0.2, 0.25) is 0 Å². The van der Waals surface area contributed by atoms with E-state index in [1.165, 1.54) is 0 Å². The molecule has 0 bridgehead atoms. The van der Waals surface area contributed by atoms with E-state index < -0.39 is 10.1 Å². The maximum Gasteiger partial charge on any atom is 0.264 e. The Morgan fingerprint density at radius 3 is 2.80 bits per heavy atom. The summed E-state index contributed by atoms with van der Waals surface area (Å²) < 4.78 is 38.0. The van der Waals surface area contributed by atoms with Crippen LogP contribution >= 0.6 is 0 Å². The monoisotopic (exact) mass is 236 g/mol. The van der Waals surface area contributed by atoms with Gasteiger partial charge < -0.3 is 9.47 Å². The topological polar surface area (TPSA) is 61.8 Å². The van der Waals surface area contributed by atoms with Crippen LogP contribution in [-0.2, 0) is 23.8 Å². The van der Waals surface area contributed by atoms with Crippen molar-refractivity contribution in [3.8, 4) is 0 Å². The second kappa shape index (κ2) is 4.01. The summed E-state index contributed by atoms with van der Waals surface area (Å²) in [5.74, 6) is 0. The summed E-state index contributed by atoms with van der Waals surface area (Å²) in [7, 11) is -3.37. The van der Waals surface area contributed by atoms with Gasteiger partial charge in [-0.25, -0.2) is 0 Å². The SMILES string of the molecule is CS(=O)(=O)O[C@H]1CCO[C@@]2(CCOC2)C1. The fourth-order valence-corrected chi connectivity index (χ4v) is 2.83. The van der Waals surface area contributed by atoms with Crippen molar-refractivity contribution in [2.24, 2.45) is 0 Å². The highest BCUT2D eigenvalue weighted by atomic mass is 32.2. The predicted octanol–water partition coefficient (Wildman–Crippen LogP) is 0.301. The molecule has 88 valence electrons. The summed E-state index contributed by atoms with van der Waals surface area (Å²) in [6.45, 7) is 1.78. The summed E-state index contributed by atoms with van der Waals surface area (Å²) in [5.41, 5.74) is -0.298. The molecule has 0 aliphatic carbocycles. The normalized spacial score (nSPS) is 37.3. The third-order valence-corrected chi connectivity index (χ3v) is 3.45. The summed E-state index contributed by atoms with van der Waals surface area (Å²) >= 11 is 0. The summed E-state index contributed by atoms with van der Waals surface area (Å²) in [5, 5.41) is 0. The first-order valence-electron chi connectivity index (χ1n) is 5.09. The standard InChI is InChI=1S/C9H16O5S/c1-15(10,11)14-8-2-4-13-9(6-8)3-5-12-7-9/h8H,2-7H2,1H3/t8-,9-/m0/s1. The molecule has 0 radical (unpaired) electrons. The average molecular weight is 236 g/mol. The molecule has 0 aromatic rings. The van der Waals surface area contributed by atoms with Gasteiger partial charge in [0.1, 0.15) is 0 Å². The molecular formula is C9H16O5S. The Bertz CT molecular complexity index is 317. The number of rotatable bonds is 2. The zero-order valence-electron chi connectivity index (χ0n) is 8.77. The molecule has 1 spiro atoms. The molecule has 0 amide bonds. The molecule has 0 aromatic heterocycles. The Kier molecular flexibility index (Phi) is 3.03. The van der Waals surface area contributed by atoms with Crippen LogP contribution in [0.1, 0.15) is 19.3 Å². The van der Waals surface area contributed by atoms with Crippen molar-refractivity contribution in [2.75, 3.05) is 26.1 Å². The first-order chi connectivity index (χ1) is 6.99. The molecule has 2 atom stereocenters. The van der Waals surface area contributed by atoms with Crippen molar-refractivity contribution >= 4 is 10.1 Å². The van der Waals surface area contributed by atoms with Gasteiger partial charge in [-0.3, -0.25) is 4.18 Å². The minimum absolute atomic E-state index is 0.254. The van der Waals surface area contributed by atoms with E-state index in [9.17, 15) is 8.42 Å². The second-order valence-corrected chi connectivity index (χ2v) is 5.85. The van der Waals surface area contributed by atoms with E-state index in [4.69, 9.17) is 13.7 Å². The zero-order chi connectivity index (χ0) is 10.9. The van der Waals surface area contributed by atoms with Gasteiger partial charge in [0, 0.05) is 26.1 Å². The molecule has 5 nitrogen and oxygen atoms in total. The zero-order valence-corrected chi connectivity index (χ0v) is 9.59. The molecule has 2 heterocycles. The Morgan fingerprint density at radius 2 is 2.20 bits per heavy atom. The molecule has 2 aliphatic heterocycles. The van der Waals surface area contributed by atoms with Crippen LogP contribution in [0, 0.1) is 0 Å². The van der Waals surface area contributed by atoms with Crippen molar-refractivity contribution in [3.05, 3.63) is 0 Å². The largest absolute Gasteiger partial charge is 0.378 e. The number of ether oxygens (including phenoxy) is 2. The van der Waals surface area contributed by atoms with E-state index in [0.29, 0.717) is 32.7 Å². The van der Waals surface area contributed by atoms with Crippen molar-refractivity contribution < 1.29 is 22.1 Å². The highest BCUT2D eigenvalue weighted by Gasteiger charge is 2.42. The third-order valence-electron chi connectivity index (χ3n) is 2.83. The van der Waals surface area contributed by atoms with E-state index in [0.717, 1.165) is 12.7 Å². The van der Waals surface area contributed by atoms with Crippen LogP contribution in [-0.4, -0.2) is 46.2 Å². The fraction of sp³-hybridized carbons (Fsp3) is 1.00. The van der Waals surface area contributed by atoms with Crippen LogP contribution in [0.15, 0.2) is 0 Å². The highest BCUT2D eigenvalue weighted by molar-refractivity contribution is 7.86. The van der Waals surface area contributed by atoms with Gasteiger partial charge in [-0.2, -0.15) is 8.42 Å². The van der Waals surface area contributed by atoms with Crippen molar-refractivity contribution in [1.82, 2.24) is 0 Å². The molecule has 0 N–H and O–H groups in total. The van der Waals surface area contributed by atoms with E-state index in [-0.39, 0.29) is 11.7 Å². The van der Waals surface area contributed by atoms with Crippen LogP contribution in [0.5, 0.6) is 0 Å². The molecule has 2 rings (SSSR count). The van der Waals surface area contributed by atoms with Gasteiger partial charge in [0.15, 0.2) is 0 Å². The van der Waals surface area contributed by atoms with Crippen molar-refractivity contribution in [2.45, 2.75) is 31.0 Å². The molecule has 2 fully saturated rings. The van der Waals surface area contributed by atoms with Gasteiger partial charge in [-0.05, 0) is 6.42 Å². The van der Waals surface area contributed by atoms with Crippen LogP contribution in [0.4, 0.5) is 0 Å². The maximum absolute atomic E-state index is 11.0. The first kappa shape index (κ1) is 11.3. The summed E-state index contributed by atoms with van der Waals surface area (Å²) in [6.07, 6.45) is 2.90. The van der Waals surface area contributed by atoms with Gasteiger partial charge in [-0.15, -0.1) is 0 Å². The second-order valence-electron chi connectivity index (χ2n) is 4.25. The first-order valence-corrected chi connectivity index (χ1v) is 6.91. The van der Waals surface area contributed by atoms with E-state index in [1.807, 2.05) is 0 Å². The molecule has 2 saturated heterocycles. The van der Waals surface area contributed by atoms with E-state index >= 15 is 0 Å². The van der Waals surface area contributed by atoms with Gasteiger partial charge >= 0.3 is 0 Å². The lowest BCUT2D eigenvalue weighted by molar-refractivity contribution is -0.111. The molecule has 2 aliphatic rings. The Labute approximate surface area is 89.8 Å². The molecule has 6 heteroatoms. The van der Waals surface area contributed by atoms with Crippen molar-refractivity contribution in [3.63, 3.8) is 0 Å². The summed E-state index contributed by atoms with van der Waals surface area (Å²) in [4.78, 5) is 0. The van der Waals surface area contributed by atoms with E-state index in [2.05, 4.69) is 0 Å². The van der Waals surface area contributed by atoms with Gasteiger partial charge in [-0.1, -0.05) is 0 Å². The lowest BCUT2D eigenvalue weighted by Gasteiger charge is -2.36. The third kappa shape index (κ3) is 2.90. The Hall–Kier alpha value is -0.170. The fourth-order valence-electron chi connectivity index (χ4n) is 2.18. The van der Waals surface area contributed by atoms with Gasteiger partial charge in [0.25, 0.3) is 10.1 Å². The minimum atomic E-state index is -3.37. The molecule has 0 aromatic carbocycles. The predicted molar refractivity (Wildman–Crippen MR) is 53.1 cm³/mol. The molecule has 0 unspecified atom stereocenters. The quantitative estimate of drug-likeness (QED) is 0.645.